The predicted molar refractivity (Wildman–Crippen MR) is 68.5 cm³/mol. The van der Waals surface area contributed by atoms with Crippen LogP contribution in [0.25, 0.3) is 0 Å². The summed E-state index contributed by atoms with van der Waals surface area (Å²) < 4.78 is 5.30. The number of esters is 1. The van der Waals surface area contributed by atoms with Gasteiger partial charge in [-0.25, -0.2) is 0 Å². The molecule has 0 aliphatic carbocycles. The Hall–Kier alpha value is -1.35. The average Bonchev–Trinajstić information content (AvgIpc) is 2.34. The molecule has 1 aromatic rings. The van der Waals surface area contributed by atoms with Crippen molar-refractivity contribution in [2.24, 2.45) is 5.92 Å². The molecule has 17 heavy (non-hydrogen) atoms. The van der Waals surface area contributed by atoms with Crippen LogP contribution in [0.5, 0.6) is 0 Å². The van der Waals surface area contributed by atoms with Crippen molar-refractivity contribution in [2.45, 2.75) is 33.4 Å². The highest BCUT2D eigenvalue weighted by atomic mass is 16.5. The van der Waals surface area contributed by atoms with Crippen molar-refractivity contribution in [3.63, 3.8) is 0 Å². The molecule has 3 nitrogen and oxygen atoms in total. The Morgan fingerprint density at radius 2 is 1.94 bits per heavy atom. The Balaban J connectivity index is 2.47. The van der Waals surface area contributed by atoms with Crippen molar-refractivity contribution in [3.05, 3.63) is 35.9 Å². The smallest absolute Gasteiger partial charge is 0.323 e. The summed E-state index contributed by atoms with van der Waals surface area (Å²) in [6, 6.07) is 9.50. The highest BCUT2D eigenvalue weighted by molar-refractivity contribution is 5.76. The van der Waals surface area contributed by atoms with E-state index in [4.69, 9.17) is 4.74 Å². The average molecular weight is 235 g/mol. The van der Waals surface area contributed by atoms with Crippen LogP contribution in [-0.4, -0.2) is 18.6 Å². The summed E-state index contributed by atoms with van der Waals surface area (Å²) in [4.78, 5) is 11.9. The lowest BCUT2D eigenvalue weighted by atomic mass is 10.0. The van der Waals surface area contributed by atoms with Crippen molar-refractivity contribution < 1.29 is 9.53 Å². The fourth-order valence-corrected chi connectivity index (χ4v) is 1.63. The van der Waals surface area contributed by atoms with Gasteiger partial charge in [-0.05, 0) is 18.0 Å². The summed E-state index contributed by atoms with van der Waals surface area (Å²) in [6.45, 7) is 7.12. The maximum absolute atomic E-state index is 11.9. The lowest BCUT2D eigenvalue weighted by Gasteiger charge is -2.19. The van der Waals surface area contributed by atoms with Crippen LogP contribution in [0.4, 0.5) is 0 Å². The third kappa shape index (κ3) is 4.57. The molecule has 0 saturated carbocycles. The monoisotopic (exact) mass is 235 g/mol. The third-order valence-corrected chi connectivity index (χ3v) is 2.57. The molecule has 0 unspecified atom stereocenters. The maximum Gasteiger partial charge on any atom is 0.323 e. The van der Waals surface area contributed by atoms with E-state index in [1.807, 2.05) is 51.1 Å². The van der Waals surface area contributed by atoms with Crippen molar-refractivity contribution in [1.82, 2.24) is 5.32 Å². The fourth-order valence-electron chi connectivity index (χ4n) is 1.63. The number of nitrogens with one attached hydrogen (secondary N) is 1. The highest BCUT2D eigenvalue weighted by Gasteiger charge is 2.22. The zero-order valence-electron chi connectivity index (χ0n) is 10.8. The van der Waals surface area contributed by atoms with Crippen molar-refractivity contribution in [3.8, 4) is 0 Å². The molecule has 0 aliphatic heterocycles. The molecule has 1 rings (SSSR count). The number of carbonyl (C=O) groups excluding carboxylic acids is 1. The lowest BCUT2D eigenvalue weighted by molar-refractivity contribution is -0.148. The molecule has 0 saturated heterocycles. The minimum Gasteiger partial charge on any atom is -0.460 e. The van der Waals surface area contributed by atoms with Crippen molar-refractivity contribution in [1.29, 1.82) is 0 Å². The quantitative estimate of drug-likeness (QED) is 0.769. The first-order valence-corrected chi connectivity index (χ1v) is 6.09. The Morgan fingerprint density at radius 1 is 1.29 bits per heavy atom. The van der Waals surface area contributed by atoms with Crippen LogP contribution in [0, 0.1) is 5.92 Å². The number of carbonyl (C=O) groups is 1. The highest BCUT2D eigenvalue weighted by Crippen LogP contribution is 2.07. The second kappa shape index (κ2) is 7.07. The molecule has 0 heterocycles. The topological polar surface area (TPSA) is 38.3 Å². The lowest BCUT2D eigenvalue weighted by Crippen LogP contribution is -2.41. The van der Waals surface area contributed by atoms with Crippen LogP contribution >= 0.6 is 0 Å². The van der Waals surface area contributed by atoms with Crippen molar-refractivity contribution >= 4 is 5.97 Å². The SMILES string of the molecule is CCN[C@H](C(=O)OCc1ccccc1)C(C)C. The number of benzene rings is 1. The Bertz CT molecular complexity index is 335. The number of hydrogen-bond acceptors (Lipinski definition) is 3. The minimum absolute atomic E-state index is 0.175. The summed E-state index contributed by atoms with van der Waals surface area (Å²) >= 11 is 0. The zero-order chi connectivity index (χ0) is 12.7. The molecule has 94 valence electrons. The molecule has 0 aromatic heterocycles. The van der Waals surface area contributed by atoms with Crippen LogP contribution in [0.2, 0.25) is 0 Å². The molecule has 0 fully saturated rings. The summed E-state index contributed by atoms with van der Waals surface area (Å²) in [5.41, 5.74) is 1.01. The van der Waals surface area contributed by atoms with E-state index in [9.17, 15) is 4.79 Å². The molecule has 3 heteroatoms. The van der Waals surface area contributed by atoms with Gasteiger partial charge in [0.15, 0.2) is 0 Å². The van der Waals surface area contributed by atoms with Gasteiger partial charge < -0.3 is 10.1 Å². The standard InChI is InChI=1S/C14H21NO2/c1-4-15-13(11(2)3)14(16)17-10-12-8-6-5-7-9-12/h5-9,11,13,15H,4,10H2,1-3H3/t13-/m0/s1. The van der Waals surface area contributed by atoms with Gasteiger partial charge in [0.1, 0.15) is 12.6 Å². The second-order valence-corrected chi connectivity index (χ2v) is 4.37. The van der Waals surface area contributed by atoms with E-state index < -0.39 is 0 Å². The van der Waals surface area contributed by atoms with Crippen LogP contribution < -0.4 is 5.32 Å². The Labute approximate surface area is 103 Å². The van der Waals surface area contributed by atoms with Gasteiger partial charge in [0.25, 0.3) is 0 Å². The molecular formula is C14H21NO2. The first-order valence-electron chi connectivity index (χ1n) is 6.09. The Morgan fingerprint density at radius 3 is 2.47 bits per heavy atom. The molecular weight excluding hydrogens is 214 g/mol. The molecule has 0 bridgehead atoms. The maximum atomic E-state index is 11.9. The normalized spacial score (nSPS) is 12.5. The van der Waals surface area contributed by atoms with Gasteiger partial charge in [-0.2, -0.15) is 0 Å². The van der Waals surface area contributed by atoms with E-state index in [0.29, 0.717) is 6.61 Å². The minimum atomic E-state index is -0.219. The second-order valence-electron chi connectivity index (χ2n) is 4.37. The first kappa shape index (κ1) is 13.7. The summed E-state index contributed by atoms with van der Waals surface area (Å²) in [5, 5.41) is 3.14. The van der Waals surface area contributed by atoms with Crippen LogP contribution in [0.15, 0.2) is 30.3 Å². The fraction of sp³-hybridized carbons (Fsp3) is 0.500. The molecule has 1 aromatic carbocycles. The first-order chi connectivity index (χ1) is 8.15. The van der Waals surface area contributed by atoms with Gasteiger partial charge >= 0.3 is 5.97 Å². The van der Waals surface area contributed by atoms with E-state index in [2.05, 4.69) is 5.32 Å². The zero-order valence-corrected chi connectivity index (χ0v) is 10.8. The Kier molecular flexibility index (Phi) is 5.70. The van der Waals surface area contributed by atoms with Crippen LogP contribution in [0.1, 0.15) is 26.3 Å². The molecule has 0 radical (unpaired) electrons. The largest absolute Gasteiger partial charge is 0.460 e. The number of rotatable bonds is 6. The van der Waals surface area contributed by atoms with Gasteiger partial charge in [-0.15, -0.1) is 0 Å². The van der Waals surface area contributed by atoms with Crippen LogP contribution in [0.3, 0.4) is 0 Å². The number of likely N-dealkylation sites (N-methyl/N-ethyl adjacent to an activating group) is 1. The van der Waals surface area contributed by atoms with E-state index in [1.165, 1.54) is 0 Å². The van der Waals surface area contributed by atoms with Gasteiger partial charge in [-0.1, -0.05) is 51.1 Å². The van der Waals surface area contributed by atoms with Gasteiger partial charge in [0, 0.05) is 0 Å². The molecule has 0 aliphatic rings. The van der Waals surface area contributed by atoms with E-state index in [-0.39, 0.29) is 17.9 Å². The molecule has 0 spiro atoms. The number of hydrogen-bond donors (Lipinski definition) is 1. The van der Waals surface area contributed by atoms with E-state index in [1.54, 1.807) is 0 Å². The van der Waals surface area contributed by atoms with E-state index in [0.717, 1.165) is 12.1 Å². The summed E-state index contributed by atoms with van der Waals surface area (Å²) in [6.07, 6.45) is 0. The number of ether oxygens (including phenoxy) is 1. The molecule has 1 atom stereocenters. The van der Waals surface area contributed by atoms with Gasteiger partial charge in [0.2, 0.25) is 0 Å². The summed E-state index contributed by atoms with van der Waals surface area (Å²) in [7, 11) is 0. The molecule has 0 amide bonds. The summed E-state index contributed by atoms with van der Waals surface area (Å²) in [5.74, 6) is 0.0592. The van der Waals surface area contributed by atoms with Gasteiger partial charge in [0.05, 0.1) is 0 Å². The third-order valence-electron chi connectivity index (χ3n) is 2.57. The predicted octanol–water partition coefficient (Wildman–Crippen LogP) is 2.36. The van der Waals surface area contributed by atoms with Crippen LogP contribution in [-0.2, 0) is 16.1 Å². The van der Waals surface area contributed by atoms with E-state index >= 15 is 0 Å². The van der Waals surface area contributed by atoms with Crippen molar-refractivity contribution in [2.75, 3.05) is 6.54 Å². The molecule has 1 N–H and O–H groups in total. The van der Waals surface area contributed by atoms with Gasteiger partial charge in [-0.3, -0.25) is 4.79 Å².